The molecule has 2 aromatic rings. The molecule has 0 saturated carbocycles. The van der Waals surface area contributed by atoms with Gasteiger partial charge < -0.3 is 10.6 Å². The van der Waals surface area contributed by atoms with Gasteiger partial charge in [0.15, 0.2) is 5.65 Å². The number of nitrogens with two attached hydrogens (primary N) is 1. The van der Waals surface area contributed by atoms with Crippen LogP contribution in [-0.2, 0) is 0 Å². The van der Waals surface area contributed by atoms with Crippen molar-refractivity contribution in [1.29, 1.82) is 0 Å². The minimum atomic E-state index is 0.296. The summed E-state index contributed by atoms with van der Waals surface area (Å²) in [6.45, 7) is 6.58. The molecule has 0 aromatic carbocycles. The molecule has 6 heteroatoms. The van der Waals surface area contributed by atoms with Crippen LogP contribution < -0.4 is 10.6 Å². The van der Waals surface area contributed by atoms with E-state index in [0.717, 1.165) is 24.3 Å². The first-order valence-electron chi connectivity index (χ1n) is 6.27. The minimum absolute atomic E-state index is 0.296. The van der Waals surface area contributed by atoms with Crippen molar-refractivity contribution in [2.24, 2.45) is 5.41 Å². The van der Waals surface area contributed by atoms with E-state index in [1.807, 2.05) is 0 Å². The van der Waals surface area contributed by atoms with Crippen molar-refractivity contribution in [3.05, 3.63) is 6.20 Å². The van der Waals surface area contributed by atoms with Gasteiger partial charge in [-0.2, -0.15) is 15.1 Å². The summed E-state index contributed by atoms with van der Waals surface area (Å²) in [6.07, 6.45) is 4.20. The van der Waals surface area contributed by atoms with Gasteiger partial charge in [0.05, 0.1) is 11.6 Å². The zero-order valence-corrected chi connectivity index (χ0v) is 10.8. The second kappa shape index (κ2) is 3.83. The van der Waals surface area contributed by atoms with Gasteiger partial charge in [-0.3, -0.25) is 5.10 Å². The van der Waals surface area contributed by atoms with Gasteiger partial charge >= 0.3 is 0 Å². The van der Waals surface area contributed by atoms with Gasteiger partial charge in [-0.15, -0.1) is 0 Å². The van der Waals surface area contributed by atoms with E-state index in [1.54, 1.807) is 6.20 Å². The van der Waals surface area contributed by atoms with Crippen LogP contribution in [0.3, 0.4) is 0 Å². The zero-order chi connectivity index (χ0) is 12.8. The summed E-state index contributed by atoms with van der Waals surface area (Å²) in [5.74, 6) is 1.20. The Morgan fingerprint density at radius 3 is 3.00 bits per heavy atom. The number of anilines is 2. The Morgan fingerprint density at radius 1 is 1.39 bits per heavy atom. The summed E-state index contributed by atoms with van der Waals surface area (Å²) in [6, 6.07) is 0. The standard InChI is InChI=1S/C12H18N6/c1-12(2)4-3-5-18(7-12)10-8-6-14-17-9(8)15-11(13)16-10/h6H,3-5,7H2,1-2H3,(H3,13,14,15,16,17). The third kappa shape index (κ3) is 1.87. The molecule has 0 bridgehead atoms. The minimum Gasteiger partial charge on any atom is -0.368 e. The van der Waals surface area contributed by atoms with Gasteiger partial charge in [-0.05, 0) is 18.3 Å². The van der Waals surface area contributed by atoms with E-state index in [4.69, 9.17) is 5.73 Å². The fraction of sp³-hybridized carbons (Fsp3) is 0.583. The van der Waals surface area contributed by atoms with Gasteiger partial charge in [-0.1, -0.05) is 13.8 Å². The molecule has 3 N–H and O–H groups in total. The Bertz CT molecular complexity index is 573. The highest BCUT2D eigenvalue weighted by molar-refractivity contribution is 5.87. The summed E-state index contributed by atoms with van der Waals surface area (Å²) in [5.41, 5.74) is 6.78. The Kier molecular flexibility index (Phi) is 2.39. The van der Waals surface area contributed by atoms with Crippen LogP contribution in [0.2, 0.25) is 0 Å². The van der Waals surface area contributed by atoms with Crippen LogP contribution >= 0.6 is 0 Å². The van der Waals surface area contributed by atoms with Crippen LogP contribution in [0.1, 0.15) is 26.7 Å². The number of hydrogen-bond donors (Lipinski definition) is 2. The van der Waals surface area contributed by atoms with Crippen LogP contribution in [0.4, 0.5) is 11.8 Å². The smallest absolute Gasteiger partial charge is 0.224 e. The normalized spacial score (nSPS) is 19.3. The van der Waals surface area contributed by atoms with Crippen molar-refractivity contribution in [3.8, 4) is 0 Å². The lowest BCUT2D eigenvalue weighted by Gasteiger charge is -2.38. The molecule has 0 aliphatic carbocycles. The molecule has 3 rings (SSSR count). The van der Waals surface area contributed by atoms with E-state index < -0.39 is 0 Å². The van der Waals surface area contributed by atoms with Crippen molar-refractivity contribution < 1.29 is 0 Å². The molecule has 1 fully saturated rings. The van der Waals surface area contributed by atoms with E-state index in [-0.39, 0.29) is 0 Å². The maximum atomic E-state index is 5.76. The highest BCUT2D eigenvalue weighted by Gasteiger charge is 2.28. The average molecular weight is 246 g/mol. The molecule has 0 amide bonds. The van der Waals surface area contributed by atoms with Gasteiger partial charge in [0.25, 0.3) is 0 Å². The van der Waals surface area contributed by atoms with Crippen molar-refractivity contribution in [1.82, 2.24) is 20.2 Å². The predicted octanol–water partition coefficient (Wildman–Crippen LogP) is 1.56. The third-order valence-electron chi connectivity index (χ3n) is 3.51. The van der Waals surface area contributed by atoms with E-state index in [9.17, 15) is 0 Å². The average Bonchev–Trinajstić information content (AvgIpc) is 2.74. The van der Waals surface area contributed by atoms with Crippen molar-refractivity contribution in [2.45, 2.75) is 26.7 Å². The first kappa shape index (κ1) is 11.3. The van der Waals surface area contributed by atoms with Crippen LogP contribution in [-0.4, -0.2) is 33.3 Å². The fourth-order valence-electron chi connectivity index (χ4n) is 2.68. The summed E-state index contributed by atoms with van der Waals surface area (Å²) < 4.78 is 0. The number of aromatic amines is 1. The van der Waals surface area contributed by atoms with Gasteiger partial charge in [-0.25, -0.2) is 0 Å². The number of fused-ring (bicyclic) bond motifs is 1. The van der Waals surface area contributed by atoms with Gasteiger partial charge in [0.1, 0.15) is 5.82 Å². The number of rotatable bonds is 1. The SMILES string of the molecule is CC1(C)CCCN(c2nc(N)nc3[nH]ncc23)C1. The lowest BCUT2D eigenvalue weighted by molar-refractivity contribution is 0.292. The highest BCUT2D eigenvalue weighted by Crippen LogP contribution is 2.33. The summed E-state index contributed by atoms with van der Waals surface area (Å²) in [4.78, 5) is 10.8. The second-order valence-electron chi connectivity index (χ2n) is 5.73. The molecule has 18 heavy (non-hydrogen) atoms. The number of nitrogens with one attached hydrogen (secondary N) is 1. The summed E-state index contributed by atoms with van der Waals surface area (Å²) in [5, 5.41) is 7.82. The monoisotopic (exact) mass is 246 g/mol. The highest BCUT2D eigenvalue weighted by atomic mass is 15.2. The zero-order valence-electron chi connectivity index (χ0n) is 10.8. The van der Waals surface area contributed by atoms with Crippen LogP contribution in [0.5, 0.6) is 0 Å². The molecule has 0 spiro atoms. The molecule has 1 aliphatic heterocycles. The Balaban J connectivity index is 2.05. The number of nitrogens with zero attached hydrogens (tertiary/aromatic N) is 4. The molecule has 1 aliphatic rings. The van der Waals surface area contributed by atoms with Gasteiger partial charge in [0, 0.05) is 13.1 Å². The van der Waals surface area contributed by atoms with E-state index >= 15 is 0 Å². The number of H-pyrrole nitrogens is 1. The van der Waals surface area contributed by atoms with Crippen LogP contribution in [0.15, 0.2) is 6.20 Å². The number of nitrogen functional groups attached to an aromatic ring is 1. The molecule has 2 aromatic heterocycles. The number of hydrogen-bond acceptors (Lipinski definition) is 5. The second-order valence-corrected chi connectivity index (χ2v) is 5.73. The maximum absolute atomic E-state index is 5.76. The molecule has 96 valence electrons. The quantitative estimate of drug-likeness (QED) is 0.797. The molecule has 3 heterocycles. The lowest BCUT2D eigenvalue weighted by Crippen LogP contribution is -2.40. The first-order valence-corrected chi connectivity index (χ1v) is 6.27. The molecule has 0 unspecified atom stereocenters. The number of aromatic nitrogens is 4. The van der Waals surface area contributed by atoms with Crippen molar-refractivity contribution in [3.63, 3.8) is 0 Å². The van der Waals surface area contributed by atoms with E-state index in [0.29, 0.717) is 17.0 Å². The largest absolute Gasteiger partial charge is 0.368 e. The van der Waals surface area contributed by atoms with E-state index in [2.05, 4.69) is 38.9 Å². The van der Waals surface area contributed by atoms with Crippen molar-refractivity contribution in [2.75, 3.05) is 23.7 Å². The Morgan fingerprint density at radius 2 is 2.22 bits per heavy atom. The molecule has 1 saturated heterocycles. The summed E-state index contributed by atoms with van der Waals surface area (Å²) in [7, 11) is 0. The lowest BCUT2D eigenvalue weighted by atomic mass is 9.84. The predicted molar refractivity (Wildman–Crippen MR) is 71.3 cm³/mol. The third-order valence-corrected chi connectivity index (χ3v) is 3.51. The molecule has 6 nitrogen and oxygen atoms in total. The molecule has 0 atom stereocenters. The molecular formula is C12H18N6. The Labute approximate surface area is 106 Å². The van der Waals surface area contributed by atoms with Crippen LogP contribution in [0.25, 0.3) is 11.0 Å². The maximum Gasteiger partial charge on any atom is 0.224 e. The molecular weight excluding hydrogens is 228 g/mol. The first-order chi connectivity index (χ1) is 8.55. The van der Waals surface area contributed by atoms with Crippen LogP contribution in [0, 0.1) is 5.41 Å². The van der Waals surface area contributed by atoms with E-state index in [1.165, 1.54) is 12.8 Å². The fourth-order valence-corrected chi connectivity index (χ4v) is 2.68. The van der Waals surface area contributed by atoms with Gasteiger partial charge in [0.2, 0.25) is 5.95 Å². The number of piperidine rings is 1. The van der Waals surface area contributed by atoms with Crippen molar-refractivity contribution >= 4 is 22.8 Å². The molecule has 0 radical (unpaired) electrons. The Hall–Kier alpha value is -1.85. The summed E-state index contributed by atoms with van der Waals surface area (Å²) >= 11 is 0. The topological polar surface area (TPSA) is 83.7 Å².